The predicted octanol–water partition coefficient (Wildman–Crippen LogP) is 5.84. The Balaban J connectivity index is 1.65. The summed E-state index contributed by atoms with van der Waals surface area (Å²) in [6, 6.07) is 10.9. The van der Waals surface area contributed by atoms with Crippen LogP contribution in [0.5, 0.6) is 5.75 Å². The number of hydrogen-bond acceptors (Lipinski definition) is 8. The molecule has 0 atom stereocenters. The summed E-state index contributed by atoms with van der Waals surface area (Å²) in [5.41, 5.74) is 1.96. The molecule has 14 heteroatoms. The highest BCUT2D eigenvalue weighted by atomic mass is 32.2. The third-order valence-corrected chi connectivity index (χ3v) is 6.44. The number of alkyl halides is 3. The molecule has 36 heavy (non-hydrogen) atoms. The third kappa shape index (κ3) is 6.20. The van der Waals surface area contributed by atoms with E-state index in [-0.39, 0.29) is 17.3 Å². The van der Waals surface area contributed by atoms with Gasteiger partial charge in [0, 0.05) is 28.8 Å². The minimum atomic E-state index is -4.84. The fourth-order valence-corrected chi connectivity index (χ4v) is 4.66. The van der Waals surface area contributed by atoms with Crippen molar-refractivity contribution in [3.05, 3.63) is 75.9 Å². The van der Waals surface area contributed by atoms with E-state index in [9.17, 15) is 28.1 Å². The van der Waals surface area contributed by atoms with Crippen molar-refractivity contribution < 1.29 is 27.6 Å². The summed E-state index contributed by atoms with van der Waals surface area (Å²) in [5, 5.41) is 16.6. The smallest absolute Gasteiger partial charge is 0.406 e. The number of ether oxygens (including phenoxy) is 1. The maximum Gasteiger partial charge on any atom is 0.573 e. The van der Waals surface area contributed by atoms with Gasteiger partial charge in [-0.3, -0.25) is 19.5 Å². The Hall–Kier alpha value is -3.91. The van der Waals surface area contributed by atoms with E-state index in [1.165, 1.54) is 47.9 Å². The molecule has 1 amide bonds. The molecule has 0 saturated carbocycles. The fraction of sp³-hybridized carbons (Fsp3) is 0.136. The van der Waals surface area contributed by atoms with Gasteiger partial charge in [-0.2, -0.15) is 0 Å². The number of carbonyl (C=O) groups is 1. The molecule has 4 aromatic rings. The summed E-state index contributed by atoms with van der Waals surface area (Å²) < 4.78 is 43.2. The number of thioether (sulfide) groups is 1. The highest BCUT2D eigenvalue weighted by Crippen LogP contribution is 2.33. The topological polar surface area (TPSA) is 112 Å². The lowest BCUT2D eigenvalue weighted by molar-refractivity contribution is -0.384. The molecular weight excluding hydrogens is 519 g/mol. The number of non-ortho nitro benzene ring substituents is 1. The molecule has 0 aliphatic heterocycles. The number of rotatable bonds is 8. The molecule has 0 spiro atoms. The lowest BCUT2D eigenvalue weighted by atomic mass is 10.1. The molecule has 1 N–H and O–H groups in total. The van der Waals surface area contributed by atoms with Crippen molar-refractivity contribution in [1.82, 2.24) is 14.5 Å². The molecule has 0 unspecified atom stereocenters. The average molecular weight is 536 g/mol. The van der Waals surface area contributed by atoms with E-state index in [1.807, 2.05) is 0 Å². The number of amides is 1. The van der Waals surface area contributed by atoms with E-state index in [2.05, 4.69) is 20.0 Å². The van der Waals surface area contributed by atoms with Crippen molar-refractivity contribution in [1.29, 1.82) is 0 Å². The van der Waals surface area contributed by atoms with Gasteiger partial charge in [0.2, 0.25) is 5.91 Å². The molecule has 0 saturated heterocycles. The normalized spacial score (nSPS) is 11.3. The molecule has 9 nitrogen and oxygen atoms in total. The van der Waals surface area contributed by atoms with Gasteiger partial charge in [0.05, 0.1) is 28.3 Å². The zero-order chi connectivity index (χ0) is 25.9. The molecule has 186 valence electrons. The molecule has 0 bridgehead atoms. The summed E-state index contributed by atoms with van der Waals surface area (Å²) in [4.78, 5) is 31.7. The number of nitrogens with one attached hydrogen (secondary N) is 1. The molecule has 0 aliphatic carbocycles. The zero-order valence-electron chi connectivity index (χ0n) is 18.4. The first-order valence-electron chi connectivity index (χ1n) is 10.1. The van der Waals surface area contributed by atoms with Crippen LogP contribution < -0.4 is 10.1 Å². The van der Waals surface area contributed by atoms with Crippen LogP contribution >= 0.6 is 23.1 Å². The van der Waals surface area contributed by atoms with E-state index in [4.69, 9.17) is 0 Å². The molecule has 0 radical (unpaired) electrons. The number of benzene rings is 2. The van der Waals surface area contributed by atoms with Crippen LogP contribution in [0.15, 0.2) is 65.3 Å². The van der Waals surface area contributed by atoms with Gasteiger partial charge in [-0.15, -0.1) is 24.5 Å². The summed E-state index contributed by atoms with van der Waals surface area (Å²) in [6.45, 7) is 1.80. The summed E-state index contributed by atoms with van der Waals surface area (Å²) >= 11 is 2.38. The van der Waals surface area contributed by atoms with Crippen LogP contribution in [-0.2, 0) is 4.79 Å². The number of nitro benzene ring substituents is 1. The van der Waals surface area contributed by atoms with Crippen LogP contribution in [0.2, 0.25) is 0 Å². The Bertz CT molecular complexity index is 1400. The highest BCUT2D eigenvalue weighted by molar-refractivity contribution is 7.99. The van der Waals surface area contributed by atoms with Crippen LogP contribution in [0.4, 0.5) is 24.0 Å². The minimum Gasteiger partial charge on any atom is -0.406 e. The molecule has 2 heterocycles. The van der Waals surface area contributed by atoms with Gasteiger partial charge >= 0.3 is 6.36 Å². The van der Waals surface area contributed by atoms with Crippen molar-refractivity contribution in [3.8, 4) is 22.7 Å². The van der Waals surface area contributed by atoms with Crippen LogP contribution in [0, 0.1) is 17.0 Å². The van der Waals surface area contributed by atoms with Gasteiger partial charge in [-0.05, 0) is 31.2 Å². The summed E-state index contributed by atoms with van der Waals surface area (Å²) in [7, 11) is 0. The zero-order valence-corrected chi connectivity index (χ0v) is 20.0. The van der Waals surface area contributed by atoms with Crippen LogP contribution in [0.1, 0.15) is 5.69 Å². The number of anilines is 1. The van der Waals surface area contributed by atoms with Gasteiger partial charge in [0.15, 0.2) is 10.3 Å². The minimum absolute atomic E-state index is 0.0285. The Kier molecular flexibility index (Phi) is 7.26. The second-order valence-electron chi connectivity index (χ2n) is 7.24. The molecule has 2 aromatic carbocycles. The van der Waals surface area contributed by atoms with Crippen molar-refractivity contribution in [2.75, 3.05) is 11.1 Å². The molecular formula is C22H16F3N5O4S2. The van der Waals surface area contributed by atoms with Crippen LogP contribution in [0.25, 0.3) is 16.9 Å². The van der Waals surface area contributed by atoms with Gasteiger partial charge in [0.25, 0.3) is 5.69 Å². The van der Waals surface area contributed by atoms with Gasteiger partial charge in [-0.1, -0.05) is 23.9 Å². The summed E-state index contributed by atoms with van der Waals surface area (Å²) in [5.74, 6) is -0.760. The average Bonchev–Trinajstić information content (AvgIpc) is 3.43. The number of hydrogen-bond donors (Lipinski definition) is 1. The monoisotopic (exact) mass is 535 g/mol. The third-order valence-electron chi connectivity index (χ3n) is 4.61. The number of halogens is 3. The van der Waals surface area contributed by atoms with E-state index in [0.717, 1.165) is 29.6 Å². The first kappa shape index (κ1) is 25.2. The number of nitrogens with zero attached hydrogens (tertiary/aromatic N) is 4. The quantitative estimate of drug-likeness (QED) is 0.171. The van der Waals surface area contributed by atoms with Crippen molar-refractivity contribution >= 4 is 39.8 Å². The van der Waals surface area contributed by atoms with Crippen LogP contribution in [-0.4, -0.2) is 37.5 Å². The van der Waals surface area contributed by atoms with E-state index in [1.54, 1.807) is 22.9 Å². The lowest BCUT2D eigenvalue weighted by Crippen LogP contribution is -2.17. The Morgan fingerprint density at radius 1 is 1.25 bits per heavy atom. The Labute approximate surface area is 210 Å². The number of nitro groups is 1. The standard InChI is InChI=1S/C22H16F3N5O4S2/c1-13-11-35-20(27-13)28-19(31)12-36-21-26-10-18(14-3-2-4-16(9-14)30(32)33)29(21)15-5-7-17(8-6-15)34-22(23,24)25/h2-11H,12H2,1H3,(H,27,28,31). The second-order valence-corrected chi connectivity index (χ2v) is 9.04. The molecule has 2 aromatic heterocycles. The largest absolute Gasteiger partial charge is 0.573 e. The van der Waals surface area contributed by atoms with E-state index in [0.29, 0.717) is 27.2 Å². The number of aromatic nitrogens is 3. The number of thiazole rings is 1. The van der Waals surface area contributed by atoms with E-state index >= 15 is 0 Å². The molecule has 0 aliphatic rings. The summed E-state index contributed by atoms with van der Waals surface area (Å²) in [6.07, 6.45) is -3.36. The SMILES string of the molecule is Cc1csc(NC(=O)CSc2ncc(-c3cccc([N+](=O)[O-])c3)n2-c2ccc(OC(F)(F)F)cc2)n1. The second kappa shape index (κ2) is 10.4. The van der Waals surface area contributed by atoms with Crippen molar-refractivity contribution in [3.63, 3.8) is 0 Å². The van der Waals surface area contributed by atoms with Gasteiger partial charge in [-0.25, -0.2) is 9.97 Å². The first-order valence-corrected chi connectivity index (χ1v) is 12.0. The number of imidazole rings is 1. The number of carbonyl (C=O) groups excluding carboxylic acids is 1. The first-order chi connectivity index (χ1) is 17.1. The van der Waals surface area contributed by atoms with Crippen LogP contribution in [0.3, 0.4) is 0 Å². The van der Waals surface area contributed by atoms with Gasteiger partial charge in [0.1, 0.15) is 5.75 Å². The van der Waals surface area contributed by atoms with Gasteiger partial charge < -0.3 is 10.1 Å². The number of aryl methyl sites for hydroxylation is 1. The Morgan fingerprint density at radius 2 is 2.00 bits per heavy atom. The predicted molar refractivity (Wildman–Crippen MR) is 129 cm³/mol. The Morgan fingerprint density at radius 3 is 2.64 bits per heavy atom. The fourth-order valence-electron chi connectivity index (χ4n) is 3.16. The lowest BCUT2D eigenvalue weighted by Gasteiger charge is -2.14. The molecule has 4 rings (SSSR count). The van der Waals surface area contributed by atoms with E-state index < -0.39 is 17.0 Å². The van der Waals surface area contributed by atoms with Crippen molar-refractivity contribution in [2.24, 2.45) is 0 Å². The maximum absolute atomic E-state index is 12.6. The highest BCUT2D eigenvalue weighted by Gasteiger charge is 2.31. The maximum atomic E-state index is 12.6. The van der Waals surface area contributed by atoms with Crippen molar-refractivity contribution in [2.45, 2.75) is 18.4 Å². The molecule has 0 fully saturated rings.